The summed E-state index contributed by atoms with van der Waals surface area (Å²) in [6, 6.07) is 6.39. The first-order valence-electron chi connectivity index (χ1n) is 10.2. The molecular formula is C21H32ClNO6S. The number of piperidine rings is 1. The van der Waals surface area contributed by atoms with Crippen LogP contribution < -0.4 is 0 Å². The van der Waals surface area contributed by atoms with Crippen molar-refractivity contribution in [2.75, 3.05) is 5.75 Å². The van der Waals surface area contributed by atoms with Gasteiger partial charge in [-0.2, -0.15) is 0 Å². The molecule has 0 spiro atoms. The van der Waals surface area contributed by atoms with Crippen LogP contribution in [0.15, 0.2) is 24.3 Å². The topological polar surface area (TPSA) is 104 Å². The average Bonchev–Trinajstić information content (AvgIpc) is 2.68. The highest BCUT2D eigenvalue weighted by Gasteiger charge is 2.43. The number of amides is 1. The number of halogens is 1. The van der Waals surface area contributed by atoms with Crippen LogP contribution in [0.4, 0.5) is 0 Å². The molecule has 0 aliphatic carbocycles. The fourth-order valence-electron chi connectivity index (χ4n) is 3.92. The van der Waals surface area contributed by atoms with Crippen LogP contribution in [0.1, 0.15) is 58.6 Å². The molecule has 0 bridgehead atoms. The number of hydrogen-bond acceptors (Lipinski definition) is 6. The van der Waals surface area contributed by atoms with Crippen molar-refractivity contribution in [3.63, 3.8) is 0 Å². The number of benzene rings is 1. The number of likely N-dealkylation sites (tertiary alicyclic amines) is 1. The maximum atomic E-state index is 13.5. The largest absolute Gasteiger partial charge is 0.366 e. The molecule has 3 unspecified atom stereocenters. The maximum absolute atomic E-state index is 13.5. The molecule has 0 radical (unpaired) electrons. The first-order chi connectivity index (χ1) is 14.0. The molecule has 9 heteroatoms. The van der Waals surface area contributed by atoms with Gasteiger partial charge in [0.25, 0.3) is 0 Å². The number of carbonyl (C=O) groups excluding carboxylic acids is 1. The van der Waals surface area contributed by atoms with Crippen LogP contribution in [0.2, 0.25) is 5.02 Å². The van der Waals surface area contributed by atoms with Crippen LogP contribution in [-0.4, -0.2) is 52.9 Å². The smallest absolute Gasteiger partial charge is 0.226 e. The number of hydrogen-bond donors (Lipinski definition) is 2. The minimum atomic E-state index is -3.40. The lowest BCUT2D eigenvalue weighted by molar-refractivity contribution is -0.337. The second kappa shape index (κ2) is 10.4. The van der Waals surface area contributed by atoms with Crippen molar-refractivity contribution in [2.45, 2.75) is 70.6 Å². The second-order valence-electron chi connectivity index (χ2n) is 8.57. The number of aliphatic hydroxyl groups is 1. The van der Waals surface area contributed by atoms with Gasteiger partial charge in [0.15, 0.2) is 16.1 Å². The summed E-state index contributed by atoms with van der Waals surface area (Å²) in [6.45, 7) is 7.09. The van der Waals surface area contributed by atoms with Crippen molar-refractivity contribution < 1.29 is 28.5 Å². The molecule has 1 aromatic rings. The monoisotopic (exact) mass is 461 g/mol. The molecule has 1 aliphatic rings. The highest BCUT2D eigenvalue weighted by Crippen LogP contribution is 2.39. The van der Waals surface area contributed by atoms with Crippen molar-refractivity contribution >= 4 is 27.3 Å². The van der Waals surface area contributed by atoms with E-state index in [1.54, 1.807) is 30.9 Å². The lowest BCUT2D eigenvalue weighted by atomic mass is 9.84. The Hall–Kier alpha value is -1.19. The highest BCUT2D eigenvalue weighted by molar-refractivity contribution is 7.92. The van der Waals surface area contributed by atoms with Gasteiger partial charge in [0.1, 0.15) is 0 Å². The molecule has 1 fully saturated rings. The molecule has 1 aromatic carbocycles. The molecule has 1 heterocycles. The van der Waals surface area contributed by atoms with Gasteiger partial charge in [0, 0.05) is 23.4 Å². The number of sulfone groups is 1. The van der Waals surface area contributed by atoms with E-state index in [4.69, 9.17) is 16.9 Å². The molecule has 1 aliphatic heterocycles. The second-order valence-corrected chi connectivity index (χ2v) is 11.6. The Labute approximate surface area is 183 Å². The summed E-state index contributed by atoms with van der Waals surface area (Å²) in [4.78, 5) is 19.1. The molecule has 2 N–H and O–H groups in total. The van der Waals surface area contributed by atoms with Crippen LogP contribution >= 0.6 is 11.6 Å². The molecule has 170 valence electrons. The van der Waals surface area contributed by atoms with Crippen molar-refractivity contribution in [3.8, 4) is 0 Å². The van der Waals surface area contributed by atoms with Crippen molar-refractivity contribution in [1.82, 2.24) is 4.90 Å². The Balaban J connectivity index is 2.46. The zero-order valence-corrected chi connectivity index (χ0v) is 19.4. The third-order valence-corrected chi connectivity index (χ3v) is 8.33. The van der Waals surface area contributed by atoms with Gasteiger partial charge in [0.05, 0.1) is 17.0 Å². The van der Waals surface area contributed by atoms with E-state index in [1.807, 2.05) is 26.0 Å². The Morgan fingerprint density at radius 3 is 2.27 bits per heavy atom. The Morgan fingerprint density at radius 1 is 1.17 bits per heavy atom. The van der Waals surface area contributed by atoms with Gasteiger partial charge < -0.3 is 10.0 Å². The van der Waals surface area contributed by atoms with E-state index in [2.05, 4.69) is 4.89 Å². The van der Waals surface area contributed by atoms with E-state index in [9.17, 15) is 18.3 Å². The molecule has 30 heavy (non-hydrogen) atoms. The van der Waals surface area contributed by atoms with E-state index in [0.29, 0.717) is 17.9 Å². The number of aliphatic hydroxyl groups excluding tert-OH is 1. The molecule has 1 amide bonds. The van der Waals surface area contributed by atoms with Crippen LogP contribution in [0.25, 0.3) is 0 Å². The molecule has 0 saturated carbocycles. The molecule has 2 rings (SSSR count). The van der Waals surface area contributed by atoms with E-state index in [-0.39, 0.29) is 30.0 Å². The van der Waals surface area contributed by atoms with E-state index < -0.39 is 33.3 Å². The summed E-state index contributed by atoms with van der Waals surface area (Å²) in [5.41, 5.74) is 0.887. The van der Waals surface area contributed by atoms with Crippen molar-refractivity contribution in [3.05, 3.63) is 34.9 Å². The molecular weight excluding hydrogens is 430 g/mol. The van der Waals surface area contributed by atoms with Gasteiger partial charge in [-0.1, -0.05) is 37.6 Å². The zero-order valence-electron chi connectivity index (χ0n) is 17.9. The fraction of sp³-hybridized carbons (Fsp3) is 0.667. The normalized spacial score (nSPS) is 22.6. The van der Waals surface area contributed by atoms with Crippen LogP contribution in [0, 0.1) is 11.8 Å². The summed E-state index contributed by atoms with van der Waals surface area (Å²) in [5, 5.41) is 18.4. The van der Waals surface area contributed by atoms with Crippen LogP contribution in [0.3, 0.4) is 0 Å². The Kier molecular flexibility index (Phi) is 8.70. The SMILES string of the molecule is CC(C)C(CS(=O)(=O)C(C)C)N1C(=O)[C@@H](CC(O)OO)CCC1c1ccc(Cl)cc1. The van der Waals surface area contributed by atoms with Gasteiger partial charge >= 0.3 is 0 Å². The molecule has 7 nitrogen and oxygen atoms in total. The predicted molar refractivity (Wildman–Crippen MR) is 116 cm³/mol. The van der Waals surface area contributed by atoms with E-state index in [1.165, 1.54) is 0 Å². The molecule has 1 saturated heterocycles. The van der Waals surface area contributed by atoms with Crippen molar-refractivity contribution in [1.29, 1.82) is 0 Å². The summed E-state index contributed by atoms with van der Waals surface area (Å²) in [5.74, 6) is -1.05. The van der Waals surface area contributed by atoms with E-state index >= 15 is 0 Å². The Bertz CT molecular complexity index is 811. The van der Waals surface area contributed by atoms with Gasteiger partial charge in [-0.05, 0) is 50.3 Å². The van der Waals surface area contributed by atoms with Gasteiger partial charge in [0.2, 0.25) is 5.91 Å². The summed E-state index contributed by atoms with van der Waals surface area (Å²) < 4.78 is 25.5. The number of carbonyl (C=O) groups is 1. The van der Waals surface area contributed by atoms with E-state index in [0.717, 1.165) is 5.56 Å². The Morgan fingerprint density at radius 2 is 1.77 bits per heavy atom. The average molecular weight is 462 g/mol. The first kappa shape index (κ1) is 25.1. The fourth-order valence-corrected chi connectivity index (χ4v) is 5.45. The third-order valence-electron chi connectivity index (χ3n) is 5.84. The van der Waals surface area contributed by atoms with Gasteiger partial charge in [-0.3, -0.25) is 4.79 Å². The summed E-state index contributed by atoms with van der Waals surface area (Å²) in [7, 11) is -3.40. The zero-order chi connectivity index (χ0) is 22.6. The standard InChI is InChI=1S/C21H32ClNO6S/c1-13(2)19(12-30(27,28)14(3)4)23-18(15-5-8-17(22)9-6-15)10-7-16(21(23)25)11-20(24)29-26/h5-6,8-9,13-14,16,18-20,24,26H,7,10-12H2,1-4H3/t16-,18?,19?,20?/m1/s1. The lowest BCUT2D eigenvalue weighted by Crippen LogP contribution is -2.54. The highest BCUT2D eigenvalue weighted by atomic mass is 35.5. The quantitative estimate of drug-likeness (QED) is 0.330. The lowest BCUT2D eigenvalue weighted by Gasteiger charge is -2.46. The third kappa shape index (κ3) is 5.95. The van der Waals surface area contributed by atoms with Crippen LogP contribution in [0.5, 0.6) is 0 Å². The molecule has 0 aromatic heterocycles. The summed E-state index contributed by atoms with van der Waals surface area (Å²) in [6.07, 6.45) is -0.433. The van der Waals surface area contributed by atoms with Crippen LogP contribution in [-0.2, 0) is 19.5 Å². The maximum Gasteiger partial charge on any atom is 0.226 e. The van der Waals surface area contributed by atoms with Gasteiger partial charge in [-0.15, -0.1) is 0 Å². The predicted octanol–water partition coefficient (Wildman–Crippen LogP) is 3.67. The van der Waals surface area contributed by atoms with Crippen molar-refractivity contribution in [2.24, 2.45) is 11.8 Å². The number of rotatable bonds is 9. The minimum Gasteiger partial charge on any atom is -0.366 e. The minimum absolute atomic E-state index is 0.0546. The molecule has 4 atom stereocenters. The summed E-state index contributed by atoms with van der Waals surface area (Å²) >= 11 is 6.02. The first-order valence-corrected chi connectivity index (χ1v) is 12.3. The van der Waals surface area contributed by atoms with Gasteiger partial charge in [-0.25, -0.2) is 18.6 Å². The number of nitrogens with zero attached hydrogens (tertiary/aromatic N) is 1.